The fraction of sp³-hybridized carbons (Fsp3) is 0.929. The first-order chi connectivity index (χ1) is 8.19. The fourth-order valence-corrected chi connectivity index (χ4v) is 2.19. The number of ether oxygens (including phenoxy) is 2. The van der Waals surface area contributed by atoms with E-state index in [0.29, 0.717) is 13.0 Å². The molecule has 0 aliphatic heterocycles. The fourth-order valence-electron chi connectivity index (χ4n) is 2.19. The summed E-state index contributed by atoms with van der Waals surface area (Å²) in [6.45, 7) is 6.81. The van der Waals surface area contributed by atoms with Crippen molar-refractivity contribution in [3.8, 4) is 0 Å². The van der Waals surface area contributed by atoms with Crippen LogP contribution in [0.5, 0.6) is 0 Å². The molecule has 3 nitrogen and oxygen atoms in total. The summed E-state index contributed by atoms with van der Waals surface area (Å²) in [5.41, 5.74) is 0. The lowest BCUT2D eigenvalue weighted by Crippen LogP contribution is -2.51. The molecule has 1 rings (SSSR count). The largest absolute Gasteiger partial charge is 0.372 e. The first kappa shape index (κ1) is 14.7. The Balaban J connectivity index is 2.13. The molecule has 0 aromatic carbocycles. The second kappa shape index (κ2) is 7.83. The Hall–Kier alpha value is -0.410. The van der Waals surface area contributed by atoms with E-state index in [0.717, 1.165) is 6.42 Å². The van der Waals surface area contributed by atoms with Crippen molar-refractivity contribution in [2.45, 2.75) is 77.6 Å². The molecular weight excluding hydrogens is 216 g/mol. The highest BCUT2D eigenvalue weighted by Crippen LogP contribution is 2.25. The average molecular weight is 242 g/mol. The van der Waals surface area contributed by atoms with E-state index in [4.69, 9.17) is 9.47 Å². The van der Waals surface area contributed by atoms with Crippen LogP contribution in [0, 0.1) is 0 Å². The van der Waals surface area contributed by atoms with Gasteiger partial charge in [-0.25, -0.2) is 0 Å². The van der Waals surface area contributed by atoms with Gasteiger partial charge >= 0.3 is 0 Å². The third kappa shape index (κ3) is 4.76. The molecular formula is C14H26O3. The van der Waals surface area contributed by atoms with Crippen LogP contribution in [0.3, 0.4) is 0 Å². The molecule has 0 saturated heterocycles. The second-order valence-corrected chi connectivity index (χ2v) is 4.88. The van der Waals surface area contributed by atoms with Gasteiger partial charge in [0, 0.05) is 13.0 Å². The molecule has 0 amide bonds. The van der Waals surface area contributed by atoms with E-state index in [1.54, 1.807) is 0 Å². The predicted molar refractivity (Wildman–Crippen MR) is 68.1 cm³/mol. The third-order valence-electron chi connectivity index (χ3n) is 3.27. The smallest absolute Gasteiger partial charge is 0.166 e. The molecule has 3 unspecified atom stereocenters. The summed E-state index contributed by atoms with van der Waals surface area (Å²) in [7, 11) is 0. The van der Waals surface area contributed by atoms with Crippen LogP contribution in [0.25, 0.3) is 0 Å². The Kier molecular flexibility index (Phi) is 6.75. The summed E-state index contributed by atoms with van der Waals surface area (Å²) in [6.07, 6.45) is 6.63. The number of hydrogen-bond acceptors (Lipinski definition) is 3. The minimum absolute atomic E-state index is 0.00336. The Morgan fingerprint density at radius 3 is 2.65 bits per heavy atom. The molecule has 3 heteroatoms. The molecule has 0 N–H and O–H groups in total. The van der Waals surface area contributed by atoms with Crippen molar-refractivity contribution in [1.82, 2.24) is 0 Å². The highest BCUT2D eigenvalue weighted by Gasteiger charge is 2.42. The van der Waals surface area contributed by atoms with Crippen molar-refractivity contribution in [3.05, 3.63) is 0 Å². The molecule has 0 aromatic heterocycles. The molecule has 0 heterocycles. The zero-order valence-electron chi connectivity index (χ0n) is 11.4. The highest BCUT2D eigenvalue weighted by atomic mass is 16.6. The number of rotatable bonds is 9. The van der Waals surface area contributed by atoms with Crippen LogP contribution in [0.4, 0.5) is 0 Å². The Morgan fingerprint density at radius 2 is 2.06 bits per heavy atom. The van der Waals surface area contributed by atoms with Gasteiger partial charge in [-0.1, -0.05) is 32.6 Å². The Morgan fingerprint density at radius 1 is 1.29 bits per heavy atom. The van der Waals surface area contributed by atoms with Crippen LogP contribution < -0.4 is 0 Å². The van der Waals surface area contributed by atoms with E-state index in [9.17, 15) is 4.79 Å². The standard InChI is InChI=1S/C14H26O3/c1-4-6-7-8-9-11(3)17-13-10-12(15)14(13)16-5-2/h11,13-14H,4-10H2,1-3H3. The van der Waals surface area contributed by atoms with Crippen LogP contribution in [-0.4, -0.2) is 30.7 Å². The van der Waals surface area contributed by atoms with Crippen LogP contribution in [-0.2, 0) is 14.3 Å². The molecule has 0 aromatic rings. The van der Waals surface area contributed by atoms with Gasteiger partial charge in [0.05, 0.1) is 12.2 Å². The number of unbranched alkanes of at least 4 members (excludes halogenated alkanes) is 3. The van der Waals surface area contributed by atoms with Gasteiger partial charge in [0.15, 0.2) is 5.78 Å². The van der Waals surface area contributed by atoms with Crippen molar-refractivity contribution in [2.75, 3.05) is 6.61 Å². The van der Waals surface area contributed by atoms with Gasteiger partial charge < -0.3 is 9.47 Å². The maximum absolute atomic E-state index is 11.3. The van der Waals surface area contributed by atoms with Crippen LogP contribution >= 0.6 is 0 Å². The van der Waals surface area contributed by atoms with Crippen molar-refractivity contribution in [1.29, 1.82) is 0 Å². The van der Waals surface area contributed by atoms with Gasteiger partial charge in [-0.2, -0.15) is 0 Å². The molecule has 1 fully saturated rings. The van der Waals surface area contributed by atoms with Gasteiger partial charge in [-0.05, 0) is 20.3 Å². The number of carbonyl (C=O) groups is 1. The number of hydrogen-bond donors (Lipinski definition) is 0. The van der Waals surface area contributed by atoms with Gasteiger partial charge in [0.2, 0.25) is 0 Å². The molecule has 0 bridgehead atoms. The van der Waals surface area contributed by atoms with E-state index in [1.807, 2.05) is 6.92 Å². The Bertz CT molecular complexity index is 228. The van der Waals surface area contributed by atoms with E-state index in [2.05, 4.69) is 13.8 Å². The molecule has 100 valence electrons. The first-order valence-electron chi connectivity index (χ1n) is 6.98. The van der Waals surface area contributed by atoms with Crippen molar-refractivity contribution in [2.24, 2.45) is 0 Å². The number of ketones is 1. The lowest BCUT2D eigenvalue weighted by molar-refractivity contribution is -0.172. The molecule has 1 aliphatic rings. The van der Waals surface area contributed by atoms with E-state index < -0.39 is 0 Å². The van der Waals surface area contributed by atoms with Gasteiger partial charge in [-0.3, -0.25) is 4.79 Å². The zero-order chi connectivity index (χ0) is 12.7. The van der Waals surface area contributed by atoms with Crippen molar-refractivity contribution >= 4 is 5.78 Å². The van der Waals surface area contributed by atoms with Gasteiger partial charge in [-0.15, -0.1) is 0 Å². The minimum atomic E-state index is -0.293. The molecule has 3 atom stereocenters. The van der Waals surface area contributed by atoms with Crippen LogP contribution in [0.15, 0.2) is 0 Å². The van der Waals surface area contributed by atoms with Crippen LogP contribution in [0.1, 0.15) is 59.3 Å². The summed E-state index contributed by atoms with van der Waals surface area (Å²) in [5.74, 6) is 0.190. The maximum atomic E-state index is 11.3. The van der Waals surface area contributed by atoms with Crippen molar-refractivity contribution < 1.29 is 14.3 Å². The monoisotopic (exact) mass is 242 g/mol. The zero-order valence-corrected chi connectivity index (χ0v) is 11.4. The summed E-state index contributed by atoms with van der Waals surface area (Å²) in [4.78, 5) is 11.3. The van der Waals surface area contributed by atoms with Gasteiger partial charge in [0.25, 0.3) is 0 Å². The normalized spacial score (nSPS) is 25.7. The lowest BCUT2D eigenvalue weighted by Gasteiger charge is -2.36. The van der Waals surface area contributed by atoms with E-state index in [-0.39, 0.29) is 24.1 Å². The minimum Gasteiger partial charge on any atom is -0.372 e. The number of Topliss-reactive ketones (excluding diaryl/α,β-unsaturated/α-hetero) is 1. The molecule has 1 saturated carbocycles. The predicted octanol–water partition coefficient (Wildman–Crippen LogP) is 3.11. The average Bonchev–Trinajstić information content (AvgIpc) is 2.31. The summed E-state index contributed by atoms with van der Waals surface area (Å²) >= 11 is 0. The SMILES string of the molecule is CCCCCCC(C)OC1CC(=O)C1OCC. The third-order valence-corrected chi connectivity index (χ3v) is 3.27. The van der Waals surface area contributed by atoms with E-state index >= 15 is 0 Å². The summed E-state index contributed by atoms with van der Waals surface area (Å²) in [6, 6.07) is 0. The quantitative estimate of drug-likeness (QED) is 0.583. The van der Waals surface area contributed by atoms with Gasteiger partial charge in [0.1, 0.15) is 6.10 Å². The topological polar surface area (TPSA) is 35.5 Å². The molecule has 0 spiro atoms. The highest BCUT2D eigenvalue weighted by molar-refractivity contribution is 5.90. The molecule has 0 radical (unpaired) electrons. The molecule has 1 aliphatic carbocycles. The second-order valence-electron chi connectivity index (χ2n) is 4.88. The summed E-state index contributed by atoms with van der Waals surface area (Å²) < 4.78 is 11.2. The van der Waals surface area contributed by atoms with Crippen LogP contribution in [0.2, 0.25) is 0 Å². The summed E-state index contributed by atoms with van der Waals surface area (Å²) in [5, 5.41) is 0. The Labute approximate surface area is 105 Å². The lowest BCUT2D eigenvalue weighted by atomic mass is 9.89. The van der Waals surface area contributed by atoms with Crippen molar-refractivity contribution in [3.63, 3.8) is 0 Å². The maximum Gasteiger partial charge on any atom is 0.166 e. The first-order valence-corrected chi connectivity index (χ1v) is 6.98. The van der Waals surface area contributed by atoms with E-state index in [1.165, 1.54) is 25.7 Å². The molecule has 17 heavy (non-hydrogen) atoms. The number of carbonyl (C=O) groups excluding carboxylic acids is 1.